The normalized spacial score (nSPS) is 11.5. The predicted molar refractivity (Wildman–Crippen MR) is 101 cm³/mol. The van der Waals surface area contributed by atoms with Crippen molar-refractivity contribution in [2.45, 2.75) is 25.2 Å². The Morgan fingerprint density at radius 3 is 2.58 bits per heavy atom. The van der Waals surface area contributed by atoms with Gasteiger partial charge in [-0.2, -0.15) is 16.9 Å². The summed E-state index contributed by atoms with van der Waals surface area (Å²) < 4.78 is 7.82. The molecule has 0 aliphatic heterocycles. The van der Waals surface area contributed by atoms with Crippen LogP contribution in [-0.4, -0.2) is 16.0 Å². The molecular formula is C20H22N2OS. The molecule has 0 aliphatic carbocycles. The smallest absolute Gasteiger partial charge is 0.121 e. The third-order valence-corrected chi connectivity index (χ3v) is 5.28. The molecule has 1 aromatic heterocycles. The molecule has 4 heteroatoms. The molecule has 2 aromatic carbocycles. The third kappa shape index (κ3) is 3.82. The van der Waals surface area contributed by atoms with E-state index in [0.29, 0.717) is 6.61 Å². The lowest BCUT2D eigenvalue weighted by molar-refractivity contribution is 0.306. The summed E-state index contributed by atoms with van der Waals surface area (Å²) >= 11 is 1.80. The summed E-state index contributed by atoms with van der Waals surface area (Å²) in [5, 5.41) is 4.72. The predicted octanol–water partition coefficient (Wildman–Crippen LogP) is 5.05. The van der Waals surface area contributed by atoms with Gasteiger partial charge in [0.05, 0.1) is 16.1 Å². The van der Waals surface area contributed by atoms with Gasteiger partial charge >= 0.3 is 0 Å². The van der Waals surface area contributed by atoms with Gasteiger partial charge in [-0.25, -0.2) is 4.68 Å². The minimum atomic E-state index is 0.00662. The molecule has 0 bridgehead atoms. The number of nitrogens with zero attached hydrogens (tertiary/aromatic N) is 2. The molecule has 3 nitrogen and oxygen atoms in total. The highest BCUT2D eigenvalue weighted by Crippen LogP contribution is 2.32. The van der Waals surface area contributed by atoms with Crippen LogP contribution in [-0.2, 0) is 11.4 Å². The molecule has 124 valence electrons. The molecule has 0 N–H and O–H groups in total. The van der Waals surface area contributed by atoms with Gasteiger partial charge in [-0.3, -0.25) is 0 Å². The number of aromatic nitrogens is 2. The number of rotatable bonds is 6. The van der Waals surface area contributed by atoms with Crippen LogP contribution in [0.25, 0.3) is 5.69 Å². The summed E-state index contributed by atoms with van der Waals surface area (Å²) in [4.78, 5) is 0. The second-order valence-corrected chi connectivity index (χ2v) is 7.56. The number of ether oxygens (including phenoxy) is 1. The zero-order chi connectivity index (χ0) is 17.0. The van der Waals surface area contributed by atoms with Gasteiger partial charge in [-0.1, -0.05) is 36.4 Å². The first-order valence-electron chi connectivity index (χ1n) is 7.97. The molecule has 1 heterocycles. The first-order valence-corrected chi connectivity index (χ1v) is 9.19. The highest BCUT2D eigenvalue weighted by molar-refractivity contribution is 7.99. The Labute approximate surface area is 147 Å². The van der Waals surface area contributed by atoms with Gasteiger partial charge in [0.1, 0.15) is 12.4 Å². The summed E-state index contributed by atoms with van der Waals surface area (Å²) in [7, 11) is 0. The monoisotopic (exact) mass is 338 g/mol. The number of thioether (sulfide) groups is 1. The number of benzene rings is 2. The molecule has 0 amide bonds. The van der Waals surface area contributed by atoms with Crippen LogP contribution in [0.1, 0.15) is 25.1 Å². The van der Waals surface area contributed by atoms with Gasteiger partial charge in [0, 0.05) is 12.3 Å². The van der Waals surface area contributed by atoms with Gasteiger partial charge in [-0.05, 0) is 43.9 Å². The van der Waals surface area contributed by atoms with Crippen molar-refractivity contribution < 1.29 is 4.74 Å². The summed E-state index contributed by atoms with van der Waals surface area (Å²) in [6, 6.07) is 20.3. The largest absolute Gasteiger partial charge is 0.489 e. The molecule has 24 heavy (non-hydrogen) atoms. The lowest BCUT2D eigenvalue weighted by Crippen LogP contribution is -2.12. The summed E-state index contributed by atoms with van der Waals surface area (Å²) in [6.45, 7) is 4.93. The maximum atomic E-state index is 5.90. The van der Waals surface area contributed by atoms with E-state index in [2.05, 4.69) is 38.3 Å². The Kier molecular flexibility index (Phi) is 4.95. The Morgan fingerprint density at radius 2 is 1.83 bits per heavy atom. The molecule has 0 unspecified atom stereocenters. The van der Waals surface area contributed by atoms with Crippen LogP contribution in [0.2, 0.25) is 0 Å². The van der Waals surface area contributed by atoms with Crippen LogP contribution in [0.4, 0.5) is 0 Å². The molecule has 0 saturated heterocycles. The van der Waals surface area contributed by atoms with Gasteiger partial charge in [-0.15, -0.1) is 0 Å². The van der Waals surface area contributed by atoms with E-state index in [1.54, 1.807) is 11.8 Å². The summed E-state index contributed by atoms with van der Waals surface area (Å²) in [5.41, 5.74) is 3.24. The fourth-order valence-electron chi connectivity index (χ4n) is 2.35. The highest BCUT2D eigenvalue weighted by Gasteiger charge is 2.22. The van der Waals surface area contributed by atoms with E-state index in [1.165, 1.54) is 0 Å². The van der Waals surface area contributed by atoms with Crippen LogP contribution in [0, 0.1) is 0 Å². The maximum absolute atomic E-state index is 5.90. The molecule has 3 rings (SSSR count). The van der Waals surface area contributed by atoms with Crippen molar-refractivity contribution in [3.05, 3.63) is 78.1 Å². The Hall–Kier alpha value is -2.20. The van der Waals surface area contributed by atoms with E-state index < -0.39 is 0 Å². The lowest BCUT2D eigenvalue weighted by Gasteiger charge is -2.18. The molecule has 0 radical (unpaired) electrons. The SMILES string of the molecule is CSC(C)(C)c1ccn(-c2cccc(OCc3ccccc3)c2)n1. The van der Waals surface area contributed by atoms with Crippen molar-refractivity contribution >= 4 is 11.8 Å². The van der Waals surface area contributed by atoms with Gasteiger partial charge in [0.25, 0.3) is 0 Å². The van der Waals surface area contributed by atoms with Crippen molar-refractivity contribution in [1.82, 2.24) is 9.78 Å². The summed E-state index contributed by atoms with van der Waals surface area (Å²) in [6.07, 6.45) is 4.11. The first-order chi connectivity index (χ1) is 11.6. The Morgan fingerprint density at radius 1 is 1.04 bits per heavy atom. The van der Waals surface area contributed by atoms with E-state index in [0.717, 1.165) is 22.7 Å². The van der Waals surface area contributed by atoms with E-state index in [4.69, 9.17) is 9.84 Å². The molecular weight excluding hydrogens is 316 g/mol. The zero-order valence-electron chi connectivity index (χ0n) is 14.3. The standard InChI is InChI=1S/C20H22N2OS/c1-20(2,24-3)19-12-13-22(21-19)17-10-7-11-18(14-17)23-15-16-8-5-4-6-9-16/h4-14H,15H2,1-3H3. The number of hydrogen-bond acceptors (Lipinski definition) is 3. The fourth-order valence-corrected chi connectivity index (χ4v) is 2.67. The molecule has 0 spiro atoms. The van der Waals surface area contributed by atoms with Gasteiger partial charge in [0.15, 0.2) is 0 Å². The van der Waals surface area contributed by atoms with Crippen molar-refractivity contribution in [2.75, 3.05) is 6.26 Å². The van der Waals surface area contributed by atoms with Crippen molar-refractivity contribution in [3.63, 3.8) is 0 Å². The van der Waals surface area contributed by atoms with E-state index >= 15 is 0 Å². The Bertz CT molecular complexity index is 796. The minimum absolute atomic E-state index is 0.00662. The van der Waals surface area contributed by atoms with Crippen LogP contribution in [0.15, 0.2) is 66.9 Å². The van der Waals surface area contributed by atoms with Crippen molar-refractivity contribution in [3.8, 4) is 11.4 Å². The quantitative estimate of drug-likeness (QED) is 0.629. The average Bonchev–Trinajstić information content (AvgIpc) is 3.12. The van der Waals surface area contributed by atoms with Crippen LogP contribution < -0.4 is 4.74 Å². The Balaban J connectivity index is 1.76. The molecule has 0 fully saturated rings. The molecule has 3 aromatic rings. The maximum Gasteiger partial charge on any atom is 0.121 e. The van der Waals surface area contributed by atoms with Crippen molar-refractivity contribution in [1.29, 1.82) is 0 Å². The second-order valence-electron chi connectivity index (χ2n) is 6.13. The van der Waals surface area contributed by atoms with E-state index in [9.17, 15) is 0 Å². The topological polar surface area (TPSA) is 27.1 Å². The highest BCUT2D eigenvalue weighted by atomic mass is 32.2. The molecule has 0 atom stereocenters. The third-order valence-electron chi connectivity index (χ3n) is 4.05. The van der Waals surface area contributed by atoms with Crippen molar-refractivity contribution in [2.24, 2.45) is 0 Å². The minimum Gasteiger partial charge on any atom is -0.489 e. The van der Waals surface area contributed by atoms with Crippen LogP contribution >= 0.6 is 11.8 Å². The summed E-state index contributed by atoms with van der Waals surface area (Å²) in [5.74, 6) is 0.845. The van der Waals surface area contributed by atoms with Crippen LogP contribution in [0.3, 0.4) is 0 Å². The van der Waals surface area contributed by atoms with Crippen LogP contribution in [0.5, 0.6) is 5.75 Å². The lowest BCUT2D eigenvalue weighted by atomic mass is 10.1. The zero-order valence-corrected chi connectivity index (χ0v) is 15.1. The van der Waals surface area contributed by atoms with E-state index in [1.807, 2.05) is 53.3 Å². The molecule has 0 aliphatic rings. The van der Waals surface area contributed by atoms with E-state index in [-0.39, 0.29) is 4.75 Å². The molecule has 0 saturated carbocycles. The fraction of sp³-hybridized carbons (Fsp3) is 0.250. The number of hydrogen-bond donors (Lipinski definition) is 0. The van der Waals surface area contributed by atoms with Gasteiger partial charge in [0.2, 0.25) is 0 Å². The first kappa shape index (κ1) is 16.7. The average molecular weight is 338 g/mol. The second kappa shape index (κ2) is 7.14. The van der Waals surface area contributed by atoms with Gasteiger partial charge < -0.3 is 4.74 Å².